The predicted molar refractivity (Wildman–Crippen MR) is 77.4 cm³/mol. The average molecular weight is 305 g/mol. The van der Waals surface area contributed by atoms with Crippen molar-refractivity contribution < 1.29 is 5.11 Å². The molecule has 0 radical (unpaired) electrons. The van der Waals surface area contributed by atoms with Gasteiger partial charge in [-0.15, -0.1) is 0 Å². The van der Waals surface area contributed by atoms with E-state index >= 15 is 0 Å². The molecule has 1 nitrogen and oxygen atoms in total. The average Bonchev–Trinajstić information content (AvgIpc) is 2.40. The third kappa shape index (κ3) is 3.46. The first-order chi connectivity index (χ1) is 8.66. The first-order valence-electron chi connectivity index (χ1n) is 6.13. The van der Waals surface area contributed by atoms with Gasteiger partial charge in [-0.25, -0.2) is 0 Å². The molecule has 0 aliphatic carbocycles. The summed E-state index contributed by atoms with van der Waals surface area (Å²) >= 11 is 0.297. The molecule has 0 heterocycles. The van der Waals surface area contributed by atoms with Gasteiger partial charge in [0.1, 0.15) is 0 Å². The fourth-order valence-electron chi connectivity index (χ4n) is 1.81. The second kappa shape index (κ2) is 6.19. The van der Waals surface area contributed by atoms with Crippen LogP contribution in [0.4, 0.5) is 0 Å². The van der Waals surface area contributed by atoms with Gasteiger partial charge in [0.2, 0.25) is 0 Å². The van der Waals surface area contributed by atoms with E-state index in [1.807, 2.05) is 18.2 Å². The fraction of sp³-hybridized carbons (Fsp3) is 0.250. The molecule has 0 saturated heterocycles. The molecule has 18 heavy (non-hydrogen) atoms. The molecule has 2 aromatic carbocycles. The van der Waals surface area contributed by atoms with Crippen molar-refractivity contribution in [1.82, 2.24) is 0 Å². The van der Waals surface area contributed by atoms with Crippen molar-refractivity contribution in [2.45, 2.75) is 24.8 Å². The van der Waals surface area contributed by atoms with E-state index in [1.165, 1.54) is 10.0 Å². The summed E-state index contributed by atoms with van der Waals surface area (Å²) in [5, 5.41) is 10.4. The zero-order chi connectivity index (χ0) is 13.0. The van der Waals surface area contributed by atoms with Crippen LogP contribution in [0.1, 0.15) is 24.2 Å². The number of aryl methyl sites for hydroxylation is 1. The van der Waals surface area contributed by atoms with Gasteiger partial charge in [0.25, 0.3) is 0 Å². The quantitative estimate of drug-likeness (QED) is 0.861. The SMILES string of the molecule is Cc1ccc([C@H](O)[C@H](C)[Se]c2ccccc2)cc1. The Kier molecular flexibility index (Phi) is 4.59. The van der Waals surface area contributed by atoms with Gasteiger partial charge in [0.15, 0.2) is 0 Å². The number of aliphatic hydroxyl groups excluding tert-OH is 1. The van der Waals surface area contributed by atoms with Gasteiger partial charge in [0, 0.05) is 0 Å². The van der Waals surface area contributed by atoms with E-state index in [0.29, 0.717) is 15.0 Å². The molecule has 2 rings (SSSR count). The van der Waals surface area contributed by atoms with Gasteiger partial charge in [-0.05, 0) is 0 Å². The van der Waals surface area contributed by atoms with Crippen molar-refractivity contribution in [2.75, 3.05) is 0 Å². The van der Waals surface area contributed by atoms with Crippen molar-refractivity contribution in [2.24, 2.45) is 0 Å². The predicted octanol–water partition coefficient (Wildman–Crippen LogP) is 2.87. The van der Waals surface area contributed by atoms with Crippen LogP contribution in [0.3, 0.4) is 0 Å². The molecule has 2 heteroatoms. The molecule has 2 aromatic rings. The molecule has 1 N–H and O–H groups in total. The van der Waals surface area contributed by atoms with Crippen molar-refractivity contribution in [1.29, 1.82) is 0 Å². The zero-order valence-electron chi connectivity index (χ0n) is 10.7. The van der Waals surface area contributed by atoms with Gasteiger partial charge in [-0.2, -0.15) is 0 Å². The van der Waals surface area contributed by atoms with E-state index in [0.717, 1.165) is 5.56 Å². The number of hydrogen-bond acceptors (Lipinski definition) is 1. The first kappa shape index (κ1) is 13.4. The third-order valence-corrected chi connectivity index (χ3v) is 5.39. The van der Waals surface area contributed by atoms with Crippen molar-refractivity contribution in [3.05, 3.63) is 65.7 Å². The molecule has 0 amide bonds. The van der Waals surface area contributed by atoms with Crippen LogP contribution in [0.2, 0.25) is 4.82 Å². The monoisotopic (exact) mass is 306 g/mol. The second-order valence-corrected chi connectivity index (χ2v) is 7.54. The van der Waals surface area contributed by atoms with Gasteiger partial charge in [0.05, 0.1) is 0 Å². The van der Waals surface area contributed by atoms with E-state index in [9.17, 15) is 5.11 Å². The Morgan fingerprint density at radius 3 is 2.17 bits per heavy atom. The Morgan fingerprint density at radius 2 is 1.56 bits per heavy atom. The van der Waals surface area contributed by atoms with Gasteiger partial charge >= 0.3 is 115 Å². The van der Waals surface area contributed by atoms with Crippen molar-refractivity contribution in [3.8, 4) is 0 Å². The van der Waals surface area contributed by atoms with E-state index < -0.39 is 0 Å². The second-order valence-electron chi connectivity index (χ2n) is 4.49. The van der Waals surface area contributed by atoms with Gasteiger partial charge in [-0.1, -0.05) is 0 Å². The van der Waals surface area contributed by atoms with Crippen LogP contribution in [0.25, 0.3) is 0 Å². The summed E-state index contributed by atoms with van der Waals surface area (Å²) < 4.78 is 1.34. The molecule has 0 bridgehead atoms. The molecular formula is C16H18OSe. The van der Waals surface area contributed by atoms with Crippen LogP contribution >= 0.6 is 0 Å². The fourth-order valence-corrected chi connectivity index (χ4v) is 3.97. The summed E-state index contributed by atoms with van der Waals surface area (Å²) in [6.45, 7) is 4.19. The van der Waals surface area contributed by atoms with Crippen molar-refractivity contribution in [3.63, 3.8) is 0 Å². The Hall–Kier alpha value is -1.08. The number of hydrogen-bond donors (Lipinski definition) is 1. The molecule has 94 valence electrons. The van der Waals surface area contributed by atoms with Crippen LogP contribution in [0.5, 0.6) is 0 Å². The summed E-state index contributed by atoms with van der Waals surface area (Å²) in [6, 6.07) is 18.6. The maximum atomic E-state index is 10.4. The number of benzene rings is 2. The van der Waals surface area contributed by atoms with E-state index in [2.05, 4.69) is 50.2 Å². The Balaban J connectivity index is 2.05. The Bertz CT molecular complexity index is 478. The molecule has 0 unspecified atom stereocenters. The van der Waals surface area contributed by atoms with Crippen molar-refractivity contribution >= 4 is 19.4 Å². The molecule has 2 atom stereocenters. The summed E-state index contributed by atoms with van der Waals surface area (Å²) in [7, 11) is 0. The summed E-state index contributed by atoms with van der Waals surface area (Å²) in [5.41, 5.74) is 2.25. The number of rotatable bonds is 4. The third-order valence-electron chi connectivity index (χ3n) is 2.93. The Labute approximate surface area is 115 Å². The maximum absolute atomic E-state index is 10.4. The van der Waals surface area contributed by atoms with Crippen LogP contribution in [-0.4, -0.2) is 20.1 Å². The summed E-state index contributed by atoms with van der Waals surface area (Å²) in [5.74, 6) is 0. The van der Waals surface area contributed by atoms with E-state index in [-0.39, 0.29) is 10.9 Å². The molecule has 0 fully saturated rings. The molecule has 0 spiro atoms. The summed E-state index contributed by atoms with van der Waals surface area (Å²) in [4.78, 5) is 0.280. The molecule has 0 aliphatic heterocycles. The topological polar surface area (TPSA) is 20.2 Å². The minimum absolute atomic E-state index is 0.280. The van der Waals surface area contributed by atoms with Crippen LogP contribution in [0, 0.1) is 6.92 Å². The number of aliphatic hydroxyl groups is 1. The van der Waals surface area contributed by atoms with Crippen LogP contribution in [0.15, 0.2) is 54.6 Å². The first-order valence-corrected chi connectivity index (χ1v) is 7.98. The van der Waals surface area contributed by atoms with Crippen LogP contribution < -0.4 is 4.46 Å². The van der Waals surface area contributed by atoms with E-state index in [4.69, 9.17) is 0 Å². The van der Waals surface area contributed by atoms with Gasteiger partial charge in [-0.3, -0.25) is 0 Å². The molecule has 0 aliphatic rings. The van der Waals surface area contributed by atoms with E-state index in [1.54, 1.807) is 0 Å². The standard InChI is InChI=1S/C16H18OSe/c1-12-8-10-14(11-9-12)16(17)13(2)18-15-6-4-3-5-7-15/h3-11,13,16-17H,1-2H3/t13-,16+/m0/s1. The zero-order valence-corrected chi connectivity index (χ0v) is 12.4. The molecule has 0 aromatic heterocycles. The minimum atomic E-state index is -0.370. The summed E-state index contributed by atoms with van der Waals surface area (Å²) in [6.07, 6.45) is -0.370. The van der Waals surface area contributed by atoms with Gasteiger partial charge < -0.3 is 0 Å². The molecule has 0 saturated carbocycles. The molecular weight excluding hydrogens is 287 g/mol. The van der Waals surface area contributed by atoms with Crippen LogP contribution in [-0.2, 0) is 0 Å². The Morgan fingerprint density at radius 1 is 0.944 bits per heavy atom. The normalized spacial score (nSPS) is 14.2.